The summed E-state index contributed by atoms with van der Waals surface area (Å²) in [5.74, 6) is 1.71. The number of anilines is 1. The first kappa shape index (κ1) is 16.0. The van der Waals surface area contributed by atoms with E-state index in [1.807, 2.05) is 55.4 Å². The van der Waals surface area contributed by atoms with E-state index in [4.69, 9.17) is 0 Å². The molecule has 6 heteroatoms. The van der Waals surface area contributed by atoms with Crippen LogP contribution in [0.15, 0.2) is 42.6 Å². The molecule has 124 valence electrons. The lowest BCUT2D eigenvalue weighted by Gasteiger charge is -2.16. The molecule has 2 aromatic heterocycles. The summed E-state index contributed by atoms with van der Waals surface area (Å²) in [6.45, 7) is 0.473. The molecule has 0 aliphatic carbocycles. The van der Waals surface area contributed by atoms with Gasteiger partial charge in [-0.1, -0.05) is 18.2 Å². The van der Waals surface area contributed by atoms with E-state index in [9.17, 15) is 4.79 Å². The number of hydrogen-bond acceptors (Lipinski definition) is 4. The number of amides is 1. The van der Waals surface area contributed by atoms with Crippen LogP contribution >= 0.6 is 0 Å². The predicted octanol–water partition coefficient (Wildman–Crippen LogP) is 2.27. The van der Waals surface area contributed by atoms with E-state index in [1.54, 1.807) is 6.20 Å². The van der Waals surface area contributed by atoms with E-state index in [2.05, 4.69) is 20.3 Å². The number of benzene rings is 1. The largest absolute Gasteiger partial charge is 0.362 e. The number of aromatic amines is 1. The smallest absolute Gasteiger partial charge is 0.220 e. The third-order valence-corrected chi connectivity index (χ3v) is 3.79. The molecule has 0 atom stereocenters. The Morgan fingerprint density at radius 3 is 2.83 bits per heavy atom. The van der Waals surface area contributed by atoms with Crippen molar-refractivity contribution in [3.05, 3.63) is 54.0 Å². The van der Waals surface area contributed by atoms with Crippen LogP contribution in [0.4, 0.5) is 5.82 Å². The molecule has 2 heterocycles. The van der Waals surface area contributed by atoms with Crippen LogP contribution < -0.4 is 10.2 Å². The van der Waals surface area contributed by atoms with Crippen LogP contribution in [0.5, 0.6) is 0 Å². The standard InChI is InChI=1S/C18H21N5O/c1-23(2)18-13(6-5-11-19-18)12-20-17(24)10-9-16-21-14-7-3-4-8-15(14)22-16/h3-8,11H,9-10,12H2,1-2H3,(H,20,24)(H,21,22). The van der Waals surface area contributed by atoms with Gasteiger partial charge in [0.15, 0.2) is 0 Å². The van der Waals surface area contributed by atoms with Gasteiger partial charge in [-0.3, -0.25) is 4.79 Å². The molecule has 1 aromatic carbocycles. The number of rotatable bonds is 6. The molecule has 24 heavy (non-hydrogen) atoms. The summed E-state index contributed by atoms with van der Waals surface area (Å²) < 4.78 is 0. The highest BCUT2D eigenvalue weighted by Crippen LogP contribution is 2.14. The van der Waals surface area contributed by atoms with Crippen LogP contribution in [0.2, 0.25) is 0 Å². The Balaban J connectivity index is 1.54. The maximum Gasteiger partial charge on any atom is 0.220 e. The number of carbonyl (C=O) groups excluding carboxylic acids is 1. The highest BCUT2D eigenvalue weighted by molar-refractivity contribution is 5.77. The molecule has 0 spiro atoms. The van der Waals surface area contributed by atoms with Crippen molar-refractivity contribution < 1.29 is 4.79 Å². The van der Waals surface area contributed by atoms with Crippen molar-refractivity contribution in [3.8, 4) is 0 Å². The van der Waals surface area contributed by atoms with Crippen molar-refractivity contribution in [3.63, 3.8) is 0 Å². The molecule has 0 bridgehead atoms. The minimum Gasteiger partial charge on any atom is -0.362 e. The number of fused-ring (bicyclic) bond motifs is 1. The van der Waals surface area contributed by atoms with Crippen molar-refractivity contribution in [2.24, 2.45) is 0 Å². The molecular formula is C18H21N5O. The molecule has 2 N–H and O–H groups in total. The zero-order valence-corrected chi connectivity index (χ0v) is 13.9. The molecular weight excluding hydrogens is 302 g/mol. The second kappa shape index (κ2) is 7.12. The van der Waals surface area contributed by atoms with E-state index >= 15 is 0 Å². The minimum absolute atomic E-state index is 0.00372. The average Bonchev–Trinajstić information content (AvgIpc) is 3.01. The van der Waals surface area contributed by atoms with Gasteiger partial charge in [-0.15, -0.1) is 0 Å². The first-order valence-electron chi connectivity index (χ1n) is 7.95. The summed E-state index contributed by atoms with van der Waals surface area (Å²) in [5, 5.41) is 2.95. The third-order valence-electron chi connectivity index (χ3n) is 3.79. The van der Waals surface area contributed by atoms with Gasteiger partial charge in [0.1, 0.15) is 11.6 Å². The number of nitrogens with zero attached hydrogens (tertiary/aromatic N) is 3. The van der Waals surface area contributed by atoms with Gasteiger partial charge in [-0.25, -0.2) is 9.97 Å². The Morgan fingerprint density at radius 1 is 1.21 bits per heavy atom. The Kier molecular flexibility index (Phi) is 4.74. The van der Waals surface area contributed by atoms with Gasteiger partial charge in [-0.2, -0.15) is 0 Å². The van der Waals surface area contributed by atoms with Gasteiger partial charge in [0.2, 0.25) is 5.91 Å². The summed E-state index contributed by atoms with van der Waals surface area (Å²) in [7, 11) is 3.88. The average molecular weight is 323 g/mol. The lowest BCUT2D eigenvalue weighted by molar-refractivity contribution is -0.121. The molecule has 0 fully saturated rings. The molecule has 0 saturated heterocycles. The van der Waals surface area contributed by atoms with E-state index in [0.29, 0.717) is 19.4 Å². The summed E-state index contributed by atoms with van der Waals surface area (Å²) in [6.07, 6.45) is 2.74. The SMILES string of the molecule is CN(C)c1ncccc1CNC(=O)CCc1nc2ccccc2[nH]1. The number of aromatic nitrogens is 3. The van der Waals surface area contributed by atoms with E-state index in [0.717, 1.165) is 28.2 Å². The Bertz CT molecular complexity index is 807. The first-order valence-corrected chi connectivity index (χ1v) is 7.95. The van der Waals surface area contributed by atoms with Crippen LogP contribution in [0.1, 0.15) is 17.8 Å². The van der Waals surface area contributed by atoms with Crippen molar-refractivity contribution in [2.75, 3.05) is 19.0 Å². The molecule has 3 rings (SSSR count). The van der Waals surface area contributed by atoms with Crippen molar-refractivity contribution >= 4 is 22.8 Å². The number of nitrogens with one attached hydrogen (secondary N) is 2. The highest BCUT2D eigenvalue weighted by Gasteiger charge is 2.09. The summed E-state index contributed by atoms with van der Waals surface area (Å²) in [5.41, 5.74) is 2.93. The lowest BCUT2D eigenvalue weighted by atomic mass is 10.2. The predicted molar refractivity (Wildman–Crippen MR) is 94.8 cm³/mol. The Hall–Kier alpha value is -2.89. The lowest BCUT2D eigenvalue weighted by Crippen LogP contribution is -2.25. The Morgan fingerprint density at radius 2 is 2.04 bits per heavy atom. The summed E-state index contributed by atoms with van der Waals surface area (Å²) in [6, 6.07) is 11.7. The van der Waals surface area contributed by atoms with Gasteiger partial charge in [0.25, 0.3) is 0 Å². The molecule has 6 nitrogen and oxygen atoms in total. The minimum atomic E-state index is 0.00372. The van der Waals surface area contributed by atoms with Gasteiger partial charge in [0.05, 0.1) is 11.0 Å². The van der Waals surface area contributed by atoms with Crippen molar-refractivity contribution in [2.45, 2.75) is 19.4 Å². The fourth-order valence-corrected chi connectivity index (χ4v) is 2.61. The summed E-state index contributed by atoms with van der Waals surface area (Å²) >= 11 is 0. The van der Waals surface area contributed by atoms with Gasteiger partial charge >= 0.3 is 0 Å². The van der Waals surface area contributed by atoms with Crippen LogP contribution in [-0.2, 0) is 17.8 Å². The Labute approximate surface area is 140 Å². The number of hydrogen-bond donors (Lipinski definition) is 2. The number of pyridine rings is 1. The second-order valence-electron chi connectivity index (χ2n) is 5.86. The first-order chi connectivity index (χ1) is 11.6. The summed E-state index contributed by atoms with van der Waals surface area (Å²) in [4.78, 5) is 26.1. The zero-order valence-electron chi connectivity index (χ0n) is 13.9. The molecule has 1 amide bonds. The van der Waals surface area contributed by atoms with Crippen LogP contribution in [-0.4, -0.2) is 35.0 Å². The maximum atomic E-state index is 12.1. The molecule has 0 saturated carbocycles. The monoisotopic (exact) mass is 323 g/mol. The molecule has 0 aliphatic heterocycles. The van der Waals surface area contributed by atoms with Crippen LogP contribution in [0.3, 0.4) is 0 Å². The molecule has 0 aliphatic rings. The molecule has 0 radical (unpaired) electrons. The van der Waals surface area contributed by atoms with E-state index in [1.165, 1.54) is 0 Å². The third kappa shape index (κ3) is 3.71. The maximum absolute atomic E-state index is 12.1. The highest BCUT2D eigenvalue weighted by atomic mass is 16.1. The fourth-order valence-electron chi connectivity index (χ4n) is 2.61. The number of aryl methyl sites for hydroxylation is 1. The number of H-pyrrole nitrogens is 1. The van der Waals surface area contributed by atoms with Crippen LogP contribution in [0.25, 0.3) is 11.0 Å². The van der Waals surface area contributed by atoms with Crippen LogP contribution in [0, 0.1) is 0 Å². The second-order valence-corrected chi connectivity index (χ2v) is 5.86. The topological polar surface area (TPSA) is 73.9 Å². The zero-order chi connectivity index (χ0) is 16.9. The van der Waals surface area contributed by atoms with E-state index in [-0.39, 0.29) is 5.91 Å². The van der Waals surface area contributed by atoms with Crippen molar-refractivity contribution in [1.29, 1.82) is 0 Å². The normalized spacial score (nSPS) is 10.8. The number of imidazole rings is 1. The number of para-hydroxylation sites is 2. The van der Waals surface area contributed by atoms with Gasteiger partial charge < -0.3 is 15.2 Å². The quantitative estimate of drug-likeness (QED) is 0.730. The van der Waals surface area contributed by atoms with Gasteiger partial charge in [0, 0.05) is 45.2 Å². The molecule has 3 aromatic rings. The fraction of sp³-hybridized carbons (Fsp3) is 0.278. The van der Waals surface area contributed by atoms with Crippen molar-refractivity contribution in [1.82, 2.24) is 20.3 Å². The molecule has 0 unspecified atom stereocenters. The number of carbonyl (C=O) groups is 1. The van der Waals surface area contributed by atoms with Gasteiger partial charge in [-0.05, 0) is 18.2 Å². The van der Waals surface area contributed by atoms with E-state index < -0.39 is 0 Å².